The van der Waals surface area contributed by atoms with Crippen molar-refractivity contribution in [2.24, 2.45) is 7.05 Å². The van der Waals surface area contributed by atoms with Crippen LogP contribution in [0.4, 0.5) is 10.2 Å². The van der Waals surface area contributed by atoms with Crippen molar-refractivity contribution in [3.05, 3.63) is 47.9 Å². The van der Waals surface area contributed by atoms with Crippen LogP contribution < -0.4 is 10.2 Å². The topological polar surface area (TPSA) is 50.2 Å². The van der Waals surface area contributed by atoms with Gasteiger partial charge in [-0.25, -0.2) is 4.39 Å². The van der Waals surface area contributed by atoms with Crippen LogP contribution >= 0.6 is 0 Å². The second kappa shape index (κ2) is 7.13. The van der Waals surface area contributed by atoms with Crippen LogP contribution in [0.5, 0.6) is 0 Å². The van der Waals surface area contributed by atoms with E-state index in [4.69, 9.17) is 0 Å². The molecule has 0 aliphatic carbocycles. The van der Waals surface area contributed by atoms with Gasteiger partial charge in [-0.05, 0) is 37.8 Å². The molecule has 1 saturated heterocycles. The highest BCUT2D eigenvalue weighted by Crippen LogP contribution is 2.20. The van der Waals surface area contributed by atoms with Crippen LogP contribution in [-0.4, -0.2) is 34.3 Å². The van der Waals surface area contributed by atoms with Crippen LogP contribution in [0.25, 0.3) is 0 Å². The molecule has 6 heteroatoms. The summed E-state index contributed by atoms with van der Waals surface area (Å²) in [5, 5.41) is 7.68. The number of aryl methyl sites for hydroxylation is 1. The summed E-state index contributed by atoms with van der Waals surface area (Å²) in [5.74, 6) is 0.535. The van der Waals surface area contributed by atoms with Gasteiger partial charge in [-0.15, -0.1) is 0 Å². The van der Waals surface area contributed by atoms with E-state index in [9.17, 15) is 9.18 Å². The number of hydrogen-bond donors (Lipinski definition) is 1. The highest BCUT2D eigenvalue weighted by atomic mass is 19.1. The normalized spacial score (nSPS) is 19.5. The van der Waals surface area contributed by atoms with E-state index in [1.54, 1.807) is 21.7 Å². The van der Waals surface area contributed by atoms with Crippen LogP contribution in [-0.2, 0) is 18.3 Å². The van der Waals surface area contributed by atoms with Gasteiger partial charge in [0.1, 0.15) is 5.82 Å². The first kappa shape index (κ1) is 16.6. The highest BCUT2D eigenvalue weighted by molar-refractivity contribution is 5.97. The van der Waals surface area contributed by atoms with E-state index in [0.29, 0.717) is 24.3 Å². The van der Waals surface area contributed by atoms with Crippen molar-refractivity contribution in [2.75, 3.05) is 11.4 Å². The molecule has 0 saturated carbocycles. The number of nitrogens with one attached hydrogen (secondary N) is 1. The molecule has 1 fully saturated rings. The van der Waals surface area contributed by atoms with E-state index in [1.165, 1.54) is 6.07 Å². The summed E-state index contributed by atoms with van der Waals surface area (Å²) in [4.78, 5) is 14.5. The largest absolute Gasteiger partial charge is 0.303 e. The maximum absolute atomic E-state index is 13.8. The molecule has 128 valence electrons. The summed E-state index contributed by atoms with van der Waals surface area (Å²) in [6.45, 7) is 2.68. The fraction of sp³-hybridized carbons (Fsp3) is 0.444. The van der Waals surface area contributed by atoms with Crippen LogP contribution in [0.2, 0.25) is 0 Å². The Balaban J connectivity index is 1.64. The molecule has 2 aromatic rings. The van der Waals surface area contributed by atoms with Crippen molar-refractivity contribution in [1.82, 2.24) is 15.1 Å². The number of carbonyl (C=O) groups is 1. The summed E-state index contributed by atoms with van der Waals surface area (Å²) in [6.07, 6.45) is 4.11. The lowest BCUT2D eigenvalue weighted by molar-refractivity contribution is -0.122. The summed E-state index contributed by atoms with van der Waals surface area (Å²) < 4.78 is 15.5. The molecule has 1 aliphatic heterocycles. The third kappa shape index (κ3) is 3.64. The molecule has 2 heterocycles. The quantitative estimate of drug-likeness (QED) is 0.915. The minimum atomic E-state index is -0.248. The molecule has 0 spiro atoms. The van der Waals surface area contributed by atoms with Gasteiger partial charge in [0.05, 0.1) is 6.04 Å². The molecular formula is C18H23FN4O. The molecule has 5 nitrogen and oxygen atoms in total. The molecule has 1 aliphatic rings. The first-order chi connectivity index (χ1) is 11.5. The van der Waals surface area contributed by atoms with E-state index in [2.05, 4.69) is 10.4 Å². The van der Waals surface area contributed by atoms with E-state index >= 15 is 0 Å². The van der Waals surface area contributed by atoms with E-state index in [-0.39, 0.29) is 23.8 Å². The number of halogens is 1. The molecular weight excluding hydrogens is 307 g/mol. The zero-order valence-corrected chi connectivity index (χ0v) is 14.1. The Morgan fingerprint density at radius 2 is 2.17 bits per heavy atom. The molecule has 3 rings (SSSR count). The van der Waals surface area contributed by atoms with Crippen LogP contribution in [0, 0.1) is 5.82 Å². The SMILES string of the molecule is C[C@H](Cc1ccccc1F)N[C@@H]1CCCN(c2ccn(C)n2)C1=O. The Hall–Kier alpha value is -2.21. The number of rotatable bonds is 5. The smallest absolute Gasteiger partial charge is 0.245 e. The summed E-state index contributed by atoms with van der Waals surface area (Å²) in [5.41, 5.74) is 0.669. The maximum atomic E-state index is 13.8. The number of amides is 1. The number of aromatic nitrogens is 2. The zero-order valence-electron chi connectivity index (χ0n) is 14.1. The van der Waals surface area contributed by atoms with Gasteiger partial charge in [-0.3, -0.25) is 14.4 Å². The lowest BCUT2D eigenvalue weighted by Crippen LogP contribution is -2.53. The first-order valence-electron chi connectivity index (χ1n) is 8.35. The van der Waals surface area contributed by atoms with E-state index in [0.717, 1.165) is 12.8 Å². The number of nitrogens with zero attached hydrogens (tertiary/aromatic N) is 3. The Labute approximate surface area is 141 Å². The van der Waals surface area contributed by atoms with Gasteiger partial charge in [-0.1, -0.05) is 18.2 Å². The lowest BCUT2D eigenvalue weighted by Gasteiger charge is -2.33. The van der Waals surface area contributed by atoms with Crippen LogP contribution in [0.1, 0.15) is 25.3 Å². The van der Waals surface area contributed by atoms with Crippen molar-refractivity contribution in [3.8, 4) is 0 Å². The Morgan fingerprint density at radius 1 is 1.38 bits per heavy atom. The van der Waals surface area contributed by atoms with Crippen molar-refractivity contribution in [2.45, 2.75) is 38.3 Å². The zero-order chi connectivity index (χ0) is 17.1. The van der Waals surface area contributed by atoms with Crippen molar-refractivity contribution in [3.63, 3.8) is 0 Å². The molecule has 1 aromatic heterocycles. The van der Waals surface area contributed by atoms with Crippen molar-refractivity contribution in [1.29, 1.82) is 0 Å². The van der Waals surface area contributed by atoms with Gasteiger partial charge in [0.2, 0.25) is 5.91 Å². The van der Waals surface area contributed by atoms with E-state index < -0.39 is 0 Å². The average Bonchev–Trinajstić information content (AvgIpc) is 2.98. The van der Waals surface area contributed by atoms with Crippen molar-refractivity contribution < 1.29 is 9.18 Å². The maximum Gasteiger partial charge on any atom is 0.245 e. The number of hydrogen-bond acceptors (Lipinski definition) is 3. The summed E-state index contributed by atoms with van der Waals surface area (Å²) in [6, 6.07) is 8.39. The predicted octanol–water partition coefficient (Wildman–Crippen LogP) is 2.28. The molecule has 0 bridgehead atoms. The summed E-state index contributed by atoms with van der Waals surface area (Å²) >= 11 is 0. The molecule has 1 aromatic carbocycles. The van der Waals surface area contributed by atoms with Gasteiger partial charge < -0.3 is 5.32 Å². The average molecular weight is 330 g/mol. The Bertz CT molecular complexity index is 715. The minimum absolute atomic E-state index is 0.0135. The first-order valence-corrected chi connectivity index (χ1v) is 8.35. The second-order valence-corrected chi connectivity index (χ2v) is 6.40. The molecule has 0 unspecified atom stereocenters. The third-order valence-electron chi connectivity index (χ3n) is 4.38. The molecule has 0 radical (unpaired) electrons. The number of anilines is 1. The van der Waals surface area contributed by atoms with Gasteiger partial charge in [-0.2, -0.15) is 5.10 Å². The van der Waals surface area contributed by atoms with Gasteiger partial charge in [0.25, 0.3) is 0 Å². The fourth-order valence-electron chi connectivity index (χ4n) is 3.20. The van der Waals surface area contributed by atoms with Gasteiger partial charge in [0.15, 0.2) is 5.82 Å². The molecule has 1 N–H and O–H groups in total. The van der Waals surface area contributed by atoms with E-state index in [1.807, 2.05) is 32.3 Å². The standard InChI is InChI=1S/C18H23FN4O/c1-13(12-14-6-3-4-7-15(14)19)20-16-8-5-10-23(18(16)24)17-9-11-22(2)21-17/h3-4,6-7,9,11,13,16,20H,5,8,10,12H2,1-2H3/t13-,16-/m1/s1. The predicted molar refractivity (Wildman–Crippen MR) is 91.3 cm³/mol. The number of piperidine rings is 1. The van der Waals surface area contributed by atoms with Crippen molar-refractivity contribution >= 4 is 11.7 Å². The van der Waals surface area contributed by atoms with Crippen LogP contribution in [0.15, 0.2) is 36.5 Å². The molecule has 24 heavy (non-hydrogen) atoms. The number of benzene rings is 1. The number of carbonyl (C=O) groups excluding carboxylic acids is 1. The van der Waals surface area contributed by atoms with Gasteiger partial charge in [0, 0.05) is 31.9 Å². The summed E-state index contributed by atoms with van der Waals surface area (Å²) in [7, 11) is 1.84. The molecule has 1 amide bonds. The second-order valence-electron chi connectivity index (χ2n) is 6.40. The van der Waals surface area contributed by atoms with Gasteiger partial charge >= 0.3 is 0 Å². The minimum Gasteiger partial charge on any atom is -0.303 e. The third-order valence-corrected chi connectivity index (χ3v) is 4.38. The monoisotopic (exact) mass is 330 g/mol. The molecule has 2 atom stereocenters. The fourth-order valence-corrected chi connectivity index (χ4v) is 3.20. The van der Waals surface area contributed by atoms with Crippen LogP contribution in [0.3, 0.4) is 0 Å². The Kier molecular flexibility index (Phi) is 4.94. The lowest BCUT2D eigenvalue weighted by atomic mass is 10.0. The highest BCUT2D eigenvalue weighted by Gasteiger charge is 2.31. The Morgan fingerprint density at radius 3 is 2.88 bits per heavy atom.